The van der Waals surface area contributed by atoms with Crippen LogP contribution in [0.4, 0.5) is 17.6 Å². The molecule has 10 aliphatic rings. The molecule has 0 N–H and O–H groups in total. The van der Waals surface area contributed by atoms with Crippen molar-refractivity contribution in [2.24, 2.45) is 45.8 Å². The third-order valence-electron chi connectivity index (χ3n) is 11.8. The SMILES string of the molecule is C.CC12CC(C1)C2.CC1CCC(F)(F)CC1.CC1CCC1.CCC12CC(C)(C1)C2.CCC1CC1.C[C@@H]1CCC(F)(F)C1. The zero-order valence-electron chi connectivity index (χ0n) is 28.0. The summed E-state index contributed by atoms with van der Waals surface area (Å²) in [7, 11) is 0. The molecular formula is C38H70F4. The van der Waals surface area contributed by atoms with Gasteiger partial charge in [-0.3, -0.25) is 0 Å². The fourth-order valence-corrected chi connectivity index (χ4v) is 8.34. The van der Waals surface area contributed by atoms with Gasteiger partial charge in [0.15, 0.2) is 0 Å². The van der Waals surface area contributed by atoms with E-state index < -0.39 is 11.8 Å². The lowest BCUT2D eigenvalue weighted by atomic mass is 9.35. The van der Waals surface area contributed by atoms with Crippen molar-refractivity contribution in [1.82, 2.24) is 0 Å². The number of halogens is 4. The third-order valence-corrected chi connectivity index (χ3v) is 11.8. The Kier molecular flexibility index (Phi) is 13.8. The van der Waals surface area contributed by atoms with Crippen molar-refractivity contribution in [3.8, 4) is 0 Å². The maximum atomic E-state index is 12.4. The third kappa shape index (κ3) is 12.3. The van der Waals surface area contributed by atoms with Crippen molar-refractivity contribution in [1.29, 1.82) is 0 Å². The molecule has 42 heavy (non-hydrogen) atoms. The fourth-order valence-electron chi connectivity index (χ4n) is 8.34. The van der Waals surface area contributed by atoms with Gasteiger partial charge in [0.25, 0.3) is 0 Å². The summed E-state index contributed by atoms with van der Waals surface area (Å²) < 4.78 is 49.1. The van der Waals surface area contributed by atoms with Gasteiger partial charge in [0.05, 0.1) is 0 Å². The Hall–Kier alpha value is -0.280. The molecule has 0 radical (unpaired) electrons. The van der Waals surface area contributed by atoms with E-state index in [1.165, 1.54) is 70.1 Å². The molecule has 0 aliphatic heterocycles. The van der Waals surface area contributed by atoms with Crippen LogP contribution in [0.1, 0.15) is 184 Å². The summed E-state index contributed by atoms with van der Waals surface area (Å²) >= 11 is 0. The molecule has 10 fully saturated rings. The lowest BCUT2D eigenvalue weighted by Crippen LogP contribution is -2.59. The highest BCUT2D eigenvalue weighted by molar-refractivity contribution is 5.13. The van der Waals surface area contributed by atoms with Crippen molar-refractivity contribution in [3.05, 3.63) is 0 Å². The largest absolute Gasteiger partial charge is 0.248 e. The van der Waals surface area contributed by atoms with E-state index in [0.29, 0.717) is 25.2 Å². The van der Waals surface area contributed by atoms with E-state index in [0.717, 1.165) is 28.1 Å². The topological polar surface area (TPSA) is 0 Å². The van der Waals surface area contributed by atoms with Gasteiger partial charge < -0.3 is 0 Å². The summed E-state index contributed by atoms with van der Waals surface area (Å²) in [6, 6.07) is 0. The Morgan fingerprint density at radius 3 is 1.12 bits per heavy atom. The molecule has 0 spiro atoms. The van der Waals surface area contributed by atoms with Gasteiger partial charge in [-0.15, -0.1) is 0 Å². The van der Waals surface area contributed by atoms with Gasteiger partial charge in [0.2, 0.25) is 11.8 Å². The minimum atomic E-state index is -2.34. The van der Waals surface area contributed by atoms with Crippen LogP contribution in [-0.4, -0.2) is 11.8 Å². The molecule has 10 aliphatic carbocycles. The molecular weight excluding hydrogens is 532 g/mol. The average molecular weight is 603 g/mol. The van der Waals surface area contributed by atoms with Crippen LogP contribution in [0.5, 0.6) is 0 Å². The Labute approximate surface area is 259 Å². The van der Waals surface area contributed by atoms with Crippen LogP contribution in [0.15, 0.2) is 0 Å². The van der Waals surface area contributed by atoms with E-state index in [2.05, 4.69) is 34.6 Å². The van der Waals surface area contributed by atoms with E-state index >= 15 is 0 Å². The lowest BCUT2D eigenvalue weighted by Gasteiger charge is -2.70. The van der Waals surface area contributed by atoms with E-state index in [-0.39, 0.29) is 39.0 Å². The molecule has 0 aromatic heterocycles. The Morgan fingerprint density at radius 1 is 0.571 bits per heavy atom. The first-order valence-corrected chi connectivity index (χ1v) is 17.8. The van der Waals surface area contributed by atoms with Crippen LogP contribution < -0.4 is 0 Å². The molecule has 0 nitrogen and oxygen atoms in total. The normalized spacial score (nSPS) is 38.9. The van der Waals surface area contributed by atoms with Crippen LogP contribution in [0, 0.1) is 45.8 Å². The van der Waals surface area contributed by atoms with Crippen LogP contribution in [0.25, 0.3) is 0 Å². The summed E-state index contributed by atoms with van der Waals surface area (Å²) in [6.45, 7) is 15.6. The number of alkyl halides is 4. The molecule has 4 bridgehead atoms. The zero-order chi connectivity index (χ0) is 30.5. The molecule has 0 aromatic carbocycles. The van der Waals surface area contributed by atoms with Crippen molar-refractivity contribution < 1.29 is 17.6 Å². The summed E-state index contributed by atoms with van der Waals surface area (Å²) in [4.78, 5) is 0. The Morgan fingerprint density at radius 2 is 1.00 bits per heavy atom. The monoisotopic (exact) mass is 603 g/mol. The van der Waals surface area contributed by atoms with E-state index in [4.69, 9.17) is 0 Å². The summed E-state index contributed by atoms with van der Waals surface area (Å²) in [5.41, 5.74) is 2.56. The summed E-state index contributed by atoms with van der Waals surface area (Å²) in [6.07, 6.45) is 22.1. The maximum absolute atomic E-state index is 12.4. The quantitative estimate of drug-likeness (QED) is 0.276. The first-order chi connectivity index (χ1) is 19.0. The average Bonchev–Trinajstić information content (AvgIpc) is 3.60. The summed E-state index contributed by atoms with van der Waals surface area (Å²) in [5.74, 6) is -0.541. The molecule has 0 aromatic rings. The Balaban J connectivity index is 0.000000177. The highest BCUT2D eigenvalue weighted by atomic mass is 19.3. The molecule has 1 atom stereocenters. The molecule has 0 heterocycles. The molecule has 0 unspecified atom stereocenters. The molecule has 4 heteroatoms. The zero-order valence-corrected chi connectivity index (χ0v) is 28.0. The van der Waals surface area contributed by atoms with Crippen LogP contribution in [-0.2, 0) is 0 Å². The molecule has 0 amide bonds. The molecule has 10 rings (SSSR count). The summed E-state index contributed by atoms with van der Waals surface area (Å²) in [5, 5.41) is 0. The molecule has 0 saturated heterocycles. The van der Waals surface area contributed by atoms with Crippen molar-refractivity contribution in [2.45, 2.75) is 196 Å². The first-order valence-electron chi connectivity index (χ1n) is 17.8. The van der Waals surface area contributed by atoms with Crippen LogP contribution in [0.2, 0.25) is 0 Å². The van der Waals surface area contributed by atoms with Gasteiger partial charge in [0.1, 0.15) is 0 Å². The predicted octanol–water partition coefficient (Wildman–Crippen LogP) is 13.9. The van der Waals surface area contributed by atoms with Crippen molar-refractivity contribution in [3.63, 3.8) is 0 Å². The van der Waals surface area contributed by atoms with Crippen molar-refractivity contribution in [2.75, 3.05) is 0 Å². The minimum Gasteiger partial charge on any atom is -0.207 e. The maximum Gasteiger partial charge on any atom is 0.248 e. The minimum absolute atomic E-state index is 0. The fraction of sp³-hybridized carbons (Fsp3) is 1.00. The van der Waals surface area contributed by atoms with Crippen molar-refractivity contribution >= 4 is 0 Å². The van der Waals surface area contributed by atoms with E-state index in [9.17, 15) is 17.6 Å². The Bertz CT molecular complexity index is 733. The lowest BCUT2D eigenvalue weighted by molar-refractivity contribution is -0.191. The van der Waals surface area contributed by atoms with Gasteiger partial charge in [-0.1, -0.05) is 101 Å². The van der Waals surface area contributed by atoms with Gasteiger partial charge in [-0.05, 0) is 104 Å². The van der Waals surface area contributed by atoms with E-state index in [1.807, 2.05) is 13.8 Å². The predicted molar refractivity (Wildman–Crippen MR) is 173 cm³/mol. The van der Waals surface area contributed by atoms with Gasteiger partial charge in [0, 0.05) is 25.7 Å². The van der Waals surface area contributed by atoms with Gasteiger partial charge in [-0.2, -0.15) is 0 Å². The number of rotatable bonds is 2. The number of hydrogen-bond acceptors (Lipinski definition) is 0. The van der Waals surface area contributed by atoms with E-state index in [1.54, 1.807) is 19.3 Å². The highest BCUT2D eigenvalue weighted by Crippen LogP contribution is 2.74. The van der Waals surface area contributed by atoms with Gasteiger partial charge >= 0.3 is 0 Å². The second kappa shape index (κ2) is 15.3. The first kappa shape index (κ1) is 37.9. The van der Waals surface area contributed by atoms with Gasteiger partial charge in [-0.25, -0.2) is 17.6 Å². The standard InChI is InChI=1S/C8H14.C7H12F2.C6H10F2.C6H10.2C5H10.CH4/c1-3-8-4-7(2,5-8)6-8;1-6-2-4-7(8,9)5-3-6;1-5-2-3-6(7,8)4-5;1-6-2-5(3-6)4-6;1-5-3-2-4-5;1-2-5-3-4-5;/h3-6H2,1-2H3;6H,2-5H2,1H3;5H,2-4H2,1H3;5H,2-4H2,1H3;2*5H,2-4H2,1H3;1H4/t;;5-;;;;/m..1..../s1. The molecule has 250 valence electrons. The second-order valence-corrected chi connectivity index (χ2v) is 17.1. The smallest absolute Gasteiger partial charge is 0.207 e. The highest BCUT2D eigenvalue weighted by Gasteiger charge is 2.63. The van der Waals surface area contributed by atoms with Crippen LogP contribution >= 0.6 is 0 Å². The second-order valence-electron chi connectivity index (χ2n) is 17.1. The number of hydrogen-bond donors (Lipinski definition) is 0. The molecule has 10 saturated carbocycles. The van der Waals surface area contributed by atoms with Crippen LogP contribution in [0.3, 0.4) is 0 Å².